The standard InChI is InChI=1S/C12H10Br2ClNS/c13-7-1-3-10(15)9(5-7)11(16)6-8-2-4-12(14)17-8/h1-5,11H,6,16H2. The third kappa shape index (κ3) is 3.55. The summed E-state index contributed by atoms with van der Waals surface area (Å²) in [7, 11) is 0. The molecule has 1 heterocycles. The SMILES string of the molecule is NC(Cc1ccc(Br)s1)c1cc(Br)ccc1Cl. The molecule has 0 aliphatic rings. The van der Waals surface area contributed by atoms with Crippen LogP contribution in [-0.2, 0) is 6.42 Å². The highest BCUT2D eigenvalue weighted by Gasteiger charge is 2.12. The zero-order chi connectivity index (χ0) is 12.4. The van der Waals surface area contributed by atoms with Gasteiger partial charge >= 0.3 is 0 Å². The van der Waals surface area contributed by atoms with Crippen molar-refractivity contribution in [2.45, 2.75) is 12.5 Å². The van der Waals surface area contributed by atoms with E-state index in [1.807, 2.05) is 24.3 Å². The lowest BCUT2D eigenvalue weighted by atomic mass is 10.0. The summed E-state index contributed by atoms with van der Waals surface area (Å²) in [6.45, 7) is 0. The molecule has 2 N–H and O–H groups in total. The van der Waals surface area contributed by atoms with Gasteiger partial charge in [0, 0.05) is 26.8 Å². The van der Waals surface area contributed by atoms with Crippen LogP contribution in [0.1, 0.15) is 16.5 Å². The van der Waals surface area contributed by atoms with E-state index in [1.54, 1.807) is 11.3 Å². The van der Waals surface area contributed by atoms with Gasteiger partial charge < -0.3 is 5.73 Å². The highest BCUT2D eigenvalue weighted by Crippen LogP contribution is 2.30. The van der Waals surface area contributed by atoms with Gasteiger partial charge in [-0.3, -0.25) is 0 Å². The normalized spacial score (nSPS) is 12.7. The summed E-state index contributed by atoms with van der Waals surface area (Å²) in [6, 6.07) is 9.81. The van der Waals surface area contributed by atoms with Crippen molar-refractivity contribution in [2.24, 2.45) is 5.73 Å². The molecule has 0 aliphatic carbocycles. The fraction of sp³-hybridized carbons (Fsp3) is 0.167. The summed E-state index contributed by atoms with van der Waals surface area (Å²) >= 11 is 14.7. The molecule has 0 bridgehead atoms. The largest absolute Gasteiger partial charge is 0.324 e. The molecule has 0 fully saturated rings. The van der Waals surface area contributed by atoms with E-state index >= 15 is 0 Å². The minimum atomic E-state index is -0.0782. The number of nitrogens with two attached hydrogens (primary N) is 1. The van der Waals surface area contributed by atoms with Crippen LogP contribution in [0, 0.1) is 0 Å². The number of benzene rings is 1. The van der Waals surface area contributed by atoms with E-state index in [4.69, 9.17) is 17.3 Å². The van der Waals surface area contributed by atoms with Crippen molar-refractivity contribution in [1.29, 1.82) is 0 Å². The molecule has 0 radical (unpaired) electrons. The predicted molar refractivity (Wildman–Crippen MR) is 81.8 cm³/mol. The Morgan fingerprint density at radius 3 is 2.65 bits per heavy atom. The topological polar surface area (TPSA) is 26.0 Å². The van der Waals surface area contributed by atoms with Crippen LogP contribution >= 0.6 is 54.8 Å². The summed E-state index contributed by atoms with van der Waals surface area (Å²) in [6.07, 6.45) is 0.798. The van der Waals surface area contributed by atoms with Crippen molar-refractivity contribution in [2.75, 3.05) is 0 Å². The molecule has 90 valence electrons. The minimum Gasteiger partial charge on any atom is -0.324 e. The maximum atomic E-state index is 6.19. The van der Waals surface area contributed by atoms with E-state index in [9.17, 15) is 0 Å². The Hall–Kier alpha value is 0.130. The van der Waals surface area contributed by atoms with Crippen molar-refractivity contribution >= 4 is 54.8 Å². The van der Waals surface area contributed by atoms with Gasteiger partial charge in [0.15, 0.2) is 0 Å². The van der Waals surface area contributed by atoms with Crippen LogP contribution in [-0.4, -0.2) is 0 Å². The third-order valence-corrected chi connectivity index (χ3v) is 4.89. The van der Waals surface area contributed by atoms with Crippen molar-refractivity contribution in [3.05, 3.63) is 54.1 Å². The van der Waals surface area contributed by atoms with Crippen molar-refractivity contribution in [3.8, 4) is 0 Å². The Morgan fingerprint density at radius 1 is 1.24 bits per heavy atom. The first-order chi connectivity index (χ1) is 8.06. The maximum absolute atomic E-state index is 6.19. The van der Waals surface area contributed by atoms with Crippen molar-refractivity contribution in [1.82, 2.24) is 0 Å². The molecule has 1 unspecified atom stereocenters. The molecule has 0 spiro atoms. The molecule has 2 aromatic rings. The molecule has 1 nitrogen and oxygen atoms in total. The van der Waals surface area contributed by atoms with Crippen LogP contribution in [0.2, 0.25) is 5.02 Å². The lowest BCUT2D eigenvalue weighted by molar-refractivity contribution is 0.730. The van der Waals surface area contributed by atoms with Gasteiger partial charge in [-0.2, -0.15) is 0 Å². The van der Waals surface area contributed by atoms with Crippen LogP contribution in [0.3, 0.4) is 0 Å². The summed E-state index contributed by atoms with van der Waals surface area (Å²) < 4.78 is 2.12. The number of halogens is 3. The Kier molecular flexibility index (Phi) is 4.66. The molecule has 1 atom stereocenters. The summed E-state index contributed by atoms with van der Waals surface area (Å²) in [5.74, 6) is 0. The lowest BCUT2D eigenvalue weighted by Crippen LogP contribution is -2.13. The molecule has 1 aromatic heterocycles. The summed E-state index contributed by atoms with van der Waals surface area (Å²) in [4.78, 5) is 1.25. The fourth-order valence-corrected chi connectivity index (χ4v) is 3.76. The zero-order valence-electron chi connectivity index (χ0n) is 8.79. The number of hydrogen-bond acceptors (Lipinski definition) is 2. The van der Waals surface area contributed by atoms with Crippen LogP contribution in [0.15, 0.2) is 38.6 Å². The van der Waals surface area contributed by atoms with Gasteiger partial charge in [-0.25, -0.2) is 0 Å². The second kappa shape index (κ2) is 5.85. The smallest absolute Gasteiger partial charge is 0.0701 e. The second-order valence-corrected chi connectivity index (χ2v) is 7.55. The number of rotatable bonds is 3. The van der Waals surface area contributed by atoms with E-state index in [0.717, 1.165) is 25.3 Å². The van der Waals surface area contributed by atoms with Crippen LogP contribution < -0.4 is 5.73 Å². The highest BCUT2D eigenvalue weighted by molar-refractivity contribution is 9.11. The molecule has 0 aliphatic heterocycles. The lowest BCUT2D eigenvalue weighted by Gasteiger charge is -2.13. The monoisotopic (exact) mass is 393 g/mol. The Balaban J connectivity index is 2.19. The average Bonchev–Trinajstić information content (AvgIpc) is 2.67. The van der Waals surface area contributed by atoms with E-state index in [2.05, 4.69) is 37.9 Å². The Labute approximate surface area is 126 Å². The first-order valence-corrected chi connectivity index (χ1v) is 7.79. The van der Waals surface area contributed by atoms with Crippen LogP contribution in [0.4, 0.5) is 0 Å². The minimum absolute atomic E-state index is 0.0782. The molecular weight excluding hydrogens is 385 g/mol. The summed E-state index contributed by atoms with van der Waals surface area (Å²) in [5, 5.41) is 0.719. The molecule has 0 amide bonds. The molecular formula is C12H10Br2ClNS. The second-order valence-electron chi connectivity index (χ2n) is 3.68. The molecule has 1 aromatic carbocycles. The van der Waals surface area contributed by atoms with Gasteiger partial charge in [-0.1, -0.05) is 27.5 Å². The average molecular weight is 396 g/mol. The molecule has 17 heavy (non-hydrogen) atoms. The molecule has 0 saturated carbocycles. The van der Waals surface area contributed by atoms with Gasteiger partial charge in [0.05, 0.1) is 3.79 Å². The van der Waals surface area contributed by atoms with Gasteiger partial charge in [-0.15, -0.1) is 11.3 Å². The first kappa shape index (κ1) is 13.6. The number of thiophene rings is 1. The van der Waals surface area contributed by atoms with Crippen molar-refractivity contribution in [3.63, 3.8) is 0 Å². The van der Waals surface area contributed by atoms with Gasteiger partial charge in [0.1, 0.15) is 0 Å². The maximum Gasteiger partial charge on any atom is 0.0701 e. The number of hydrogen-bond donors (Lipinski definition) is 1. The van der Waals surface area contributed by atoms with Crippen LogP contribution in [0.25, 0.3) is 0 Å². The van der Waals surface area contributed by atoms with Gasteiger partial charge in [-0.05, 0) is 51.8 Å². The zero-order valence-corrected chi connectivity index (χ0v) is 13.5. The quantitative estimate of drug-likeness (QED) is 0.762. The van der Waals surface area contributed by atoms with E-state index in [-0.39, 0.29) is 6.04 Å². The first-order valence-electron chi connectivity index (χ1n) is 5.01. The molecule has 0 saturated heterocycles. The van der Waals surface area contributed by atoms with Gasteiger partial charge in [0.25, 0.3) is 0 Å². The van der Waals surface area contributed by atoms with E-state index in [1.165, 1.54) is 4.88 Å². The summed E-state index contributed by atoms with van der Waals surface area (Å²) in [5.41, 5.74) is 7.17. The predicted octanol–water partition coefficient (Wildman–Crippen LogP) is 5.17. The Bertz CT molecular complexity index is 527. The Morgan fingerprint density at radius 2 is 2.00 bits per heavy atom. The van der Waals surface area contributed by atoms with E-state index in [0.29, 0.717) is 0 Å². The third-order valence-electron chi connectivity index (χ3n) is 2.41. The van der Waals surface area contributed by atoms with E-state index < -0.39 is 0 Å². The van der Waals surface area contributed by atoms with Gasteiger partial charge in [0.2, 0.25) is 0 Å². The van der Waals surface area contributed by atoms with Crippen molar-refractivity contribution < 1.29 is 0 Å². The van der Waals surface area contributed by atoms with Crippen LogP contribution in [0.5, 0.6) is 0 Å². The highest BCUT2D eigenvalue weighted by atomic mass is 79.9. The molecule has 2 rings (SSSR count). The fourth-order valence-electron chi connectivity index (χ4n) is 1.59. The molecule has 5 heteroatoms.